The highest BCUT2D eigenvalue weighted by atomic mass is 79.9. The van der Waals surface area contributed by atoms with Gasteiger partial charge in [-0.3, -0.25) is 4.72 Å². The molecule has 0 unspecified atom stereocenters. The molecule has 0 fully saturated rings. The summed E-state index contributed by atoms with van der Waals surface area (Å²) in [7, 11) is -3.60. The lowest BCUT2D eigenvalue weighted by molar-refractivity contribution is 0.600. The monoisotopic (exact) mass is 429 g/mol. The zero-order valence-corrected chi connectivity index (χ0v) is 15.1. The topological polar surface area (TPSA) is 46.2 Å². The summed E-state index contributed by atoms with van der Waals surface area (Å²) in [4.78, 5) is 0.228. The van der Waals surface area contributed by atoms with Crippen LogP contribution in [0.2, 0.25) is 0 Å². The molecule has 0 amide bonds. The van der Waals surface area contributed by atoms with Gasteiger partial charge in [0.05, 0.1) is 0 Å². The van der Waals surface area contributed by atoms with Crippen LogP contribution >= 0.6 is 31.9 Å². The van der Waals surface area contributed by atoms with Crippen molar-refractivity contribution in [1.82, 2.24) is 0 Å². The Morgan fingerprint density at radius 3 is 2.48 bits per heavy atom. The van der Waals surface area contributed by atoms with Crippen molar-refractivity contribution in [2.45, 2.75) is 24.2 Å². The summed E-state index contributed by atoms with van der Waals surface area (Å²) in [5.41, 5.74) is 3.18. The fourth-order valence-electron chi connectivity index (χ4n) is 2.54. The van der Waals surface area contributed by atoms with E-state index in [2.05, 4.69) is 36.6 Å². The molecular formula is C15H13Br2NO2S. The number of rotatable bonds is 3. The lowest BCUT2D eigenvalue weighted by atomic mass is 10.1. The first kappa shape index (κ1) is 15.1. The smallest absolute Gasteiger partial charge is 0.263 e. The number of halogens is 2. The Labute approximate surface area is 141 Å². The molecule has 0 spiro atoms. The van der Waals surface area contributed by atoms with Crippen LogP contribution < -0.4 is 4.72 Å². The largest absolute Gasteiger partial charge is 0.280 e. The highest BCUT2D eigenvalue weighted by Crippen LogP contribution is 2.29. The molecule has 0 aromatic heterocycles. The fraction of sp³-hybridized carbons (Fsp3) is 0.200. The number of sulfonamides is 1. The second-order valence-electron chi connectivity index (χ2n) is 5.02. The zero-order chi connectivity index (χ0) is 15.0. The van der Waals surface area contributed by atoms with Crippen molar-refractivity contribution in [2.24, 2.45) is 0 Å². The molecule has 0 heterocycles. The van der Waals surface area contributed by atoms with Gasteiger partial charge in [-0.2, -0.15) is 0 Å². The number of benzene rings is 2. The van der Waals surface area contributed by atoms with Crippen molar-refractivity contribution in [3.05, 3.63) is 56.5 Å². The number of aryl methyl sites for hydroxylation is 2. The van der Waals surface area contributed by atoms with Crippen molar-refractivity contribution in [1.29, 1.82) is 0 Å². The van der Waals surface area contributed by atoms with Gasteiger partial charge >= 0.3 is 0 Å². The van der Waals surface area contributed by atoms with E-state index in [0.29, 0.717) is 10.2 Å². The first-order valence-corrected chi connectivity index (χ1v) is 9.62. The van der Waals surface area contributed by atoms with Gasteiger partial charge in [-0.15, -0.1) is 0 Å². The summed E-state index contributed by atoms with van der Waals surface area (Å²) in [5, 5.41) is 0. The summed E-state index contributed by atoms with van der Waals surface area (Å²) in [6, 6.07) is 10.8. The van der Waals surface area contributed by atoms with Crippen LogP contribution in [0.25, 0.3) is 0 Å². The summed E-state index contributed by atoms with van der Waals surface area (Å²) >= 11 is 6.62. The number of hydrogen-bond donors (Lipinski definition) is 1. The van der Waals surface area contributed by atoms with E-state index in [1.54, 1.807) is 18.2 Å². The lowest BCUT2D eigenvalue weighted by Gasteiger charge is -2.11. The SMILES string of the molecule is O=S(=O)(Nc1ccc2c(c1)CCC2)c1ccc(Br)cc1Br. The maximum Gasteiger partial charge on any atom is 0.263 e. The van der Waals surface area contributed by atoms with E-state index in [-0.39, 0.29) is 4.90 Å². The Bertz CT molecular complexity index is 803. The van der Waals surface area contributed by atoms with Crippen LogP contribution in [-0.2, 0) is 22.9 Å². The van der Waals surface area contributed by atoms with Gasteiger partial charge in [0.15, 0.2) is 0 Å². The molecule has 21 heavy (non-hydrogen) atoms. The third-order valence-corrected chi connectivity index (χ3v) is 6.39. The van der Waals surface area contributed by atoms with E-state index in [1.165, 1.54) is 11.1 Å². The van der Waals surface area contributed by atoms with Gasteiger partial charge in [-0.05, 0) is 76.7 Å². The van der Waals surface area contributed by atoms with E-state index < -0.39 is 10.0 Å². The maximum atomic E-state index is 12.5. The second kappa shape index (κ2) is 5.74. The first-order chi connectivity index (χ1) is 9.95. The molecule has 0 aliphatic heterocycles. The van der Waals surface area contributed by atoms with Crippen LogP contribution in [0.1, 0.15) is 17.5 Å². The predicted molar refractivity (Wildman–Crippen MR) is 91.1 cm³/mol. The third-order valence-electron chi connectivity index (χ3n) is 3.53. The van der Waals surface area contributed by atoms with Crippen LogP contribution in [0, 0.1) is 0 Å². The Morgan fingerprint density at radius 1 is 0.952 bits per heavy atom. The maximum absolute atomic E-state index is 12.5. The molecular weight excluding hydrogens is 418 g/mol. The van der Waals surface area contributed by atoms with Gasteiger partial charge in [0.2, 0.25) is 0 Å². The molecule has 3 nitrogen and oxygen atoms in total. The Hall–Kier alpha value is -0.850. The number of anilines is 1. The molecule has 6 heteroatoms. The van der Waals surface area contributed by atoms with Gasteiger partial charge < -0.3 is 0 Å². The van der Waals surface area contributed by atoms with Crippen molar-refractivity contribution < 1.29 is 8.42 Å². The lowest BCUT2D eigenvalue weighted by Crippen LogP contribution is -2.13. The number of nitrogens with one attached hydrogen (secondary N) is 1. The zero-order valence-electron chi connectivity index (χ0n) is 11.1. The van der Waals surface area contributed by atoms with E-state index >= 15 is 0 Å². The van der Waals surface area contributed by atoms with Crippen molar-refractivity contribution in [3.8, 4) is 0 Å². The molecule has 0 atom stereocenters. The van der Waals surface area contributed by atoms with Crippen molar-refractivity contribution in [2.75, 3.05) is 4.72 Å². The average Bonchev–Trinajstić information content (AvgIpc) is 2.85. The highest BCUT2D eigenvalue weighted by Gasteiger charge is 2.19. The molecule has 110 valence electrons. The van der Waals surface area contributed by atoms with Crippen molar-refractivity contribution in [3.63, 3.8) is 0 Å². The molecule has 3 rings (SSSR count). The van der Waals surface area contributed by atoms with E-state index in [0.717, 1.165) is 23.7 Å². The quantitative estimate of drug-likeness (QED) is 0.778. The molecule has 1 N–H and O–H groups in total. The summed E-state index contributed by atoms with van der Waals surface area (Å²) in [5.74, 6) is 0. The molecule has 2 aromatic carbocycles. The molecule has 2 aromatic rings. The minimum Gasteiger partial charge on any atom is -0.280 e. The van der Waals surface area contributed by atoms with Crippen molar-refractivity contribution >= 4 is 47.6 Å². The third kappa shape index (κ3) is 3.17. The highest BCUT2D eigenvalue weighted by molar-refractivity contribution is 9.11. The Morgan fingerprint density at radius 2 is 1.71 bits per heavy atom. The number of fused-ring (bicyclic) bond motifs is 1. The molecule has 0 saturated carbocycles. The molecule has 0 bridgehead atoms. The van der Waals surface area contributed by atoms with Crippen LogP contribution in [0.15, 0.2) is 50.2 Å². The second-order valence-corrected chi connectivity index (χ2v) is 8.44. The van der Waals surface area contributed by atoms with Crippen LogP contribution in [0.3, 0.4) is 0 Å². The Balaban J connectivity index is 1.92. The number of hydrogen-bond acceptors (Lipinski definition) is 2. The summed E-state index contributed by atoms with van der Waals surface area (Å²) in [6.45, 7) is 0. The van der Waals surface area contributed by atoms with Gasteiger partial charge in [0.1, 0.15) is 4.90 Å². The Kier molecular flexibility index (Phi) is 4.12. The van der Waals surface area contributed by atoms with Crippen LogP contribution in [0.5, 0.6) is 0 Å². The standard InChI is InChI=1S/C15H13Br2NO2S/c16-12-5-7-15(14(17)9-12)21(19,20)18-13-6-4-10-2-1-3-11(10)8-13/h4-9,18H,1-3H2. The minimum atomic E-state index is -3.60. The minimum absolute atomic E-state index is 0.228. The van der Waals surface area contributed by atoms with Gasteiger partial charge in [-0.25, -0.2) is 8.42 Å². The van der Waals surface area contributed by atoms with E-state index in [1.807, 2.05) is 18.2 Å². The molecule has 1 aliphatic rings. The van der Waals surface area contributed by atoms with Gasteiger partial charge in [0, 0.05) is 14.6 Å². The predicted octanol–water partition coefficient (Wildman–Crippen LogP) is 4.50. The van der Waals surface area contributed by atoms with E-state index in [9.17, 15) is 8.42 Å². The van der Waals surface area contributed by atoms with E-state index in [4.69, 9.17) is 0 Å². The molecule has 0 saturated heterocycles. The first-order valence-electron chi connectivity index (χ1n) is 6.55. The average molecular weight is 431 g/mol. The van der Waals surface area contributed by atoms with Gasteiger partial charge in [0.25, 0.3) is 10.0 Å². The van der Waals surface area contributed by atoms with Crippen LogP contribution in [0.4, 0.5) is 5.69 Å². The van der Waals surface area contributed by atoms with Gasteiger partial charge in [-0.1, -0.05) is 22.0 Å². The summed E-state index contributed by atoms with van der Waals surface area (Å²) in [6.07, 6.45) is 3.25. The normalized spacial score (nSPS) is 14.0. The molecule has 0 radical (unpaired) electrons. The fourth-order valence-corrected chi connectivity index (χ4v) is 5.34. The van der Waals surface area contributed by atoms with Crippen LogP contribution in [-0.4, -0.2) is 8.42 Å². The molecule has 1 aliphatic carbocycles. The summed E-state index contributed by atoms with van der Waals surface area (Å²) < 4.78 is 29.0.